The molecule has 3 aliphatic rings. The molecule has 1 N–H and O–H groups in total. The monoisotopic (exact) mass is 379 g/mol. The first-order valence-corrected chi connectivity index (χ1v) is 9.26. The van der Waals surface area contributed by atoms with Crippen LogP contribution in [0.4, 0.5) is 25.0 Å². The van der Waals surface area contributed by atoms with Gasteiger partial charge in [-0.1, -0.05) is 6.92 Å². The molecule has 0 radical (unpaired) electrons. The summed E-state index contributed by atoms with van der Waals surface area (Å²) in [6, 6.07) is 2.37. The average Bonchev–Trinajstić information content (AvgIpc) is 3.16. The third-order valence-electron chi connectivity index (χ3n) is 6.02. The normalized spacial score (nSPS) is 25.9. The van der Waals surface area contributed by atoms with Crippen molar-refractivity contribution in [3.8, 4) is 0 Å². The van der Waals surface area contributed by atoms with Crippen LogP contribution in [-0.4, -0.2) is 44.3 Å². The Balaban J connectivity index is 1.52. The van der Waals surface area contributed by atoms with Crippen LogP contribution in [0, 0.1) is 23.0 Å². The number of carbonyl (C=O) groups is 2. The molecule has 1 aromatic rings. The molecular weight excluding hydrogens is 356 g/mol. The van der Waals surface area contributed by atoms with E-state index in [9.17, 15) is 18.4 Å². The van der Waals surface area contributed by atoms with Crippen LogP contribution >= 0.6 is 0 Å². The van der Waals surface area contributed by atoms with Crippen LogP contribution in [0.2, 0.25) is 0 Å². The number of nitrogens with one attached hydrogen (secondary N) is 1. The fourth-order valence-corrected chi connectivity index (χ4v) is 4.21. The van der Waals surface area contributed by atoms with Crippen molar-refractivity contribution < 1.29 is 23.1 Å². The molecule has 0 bridgehead atoms. The lowest BCUT2D eigenvalue weighted by atomic mass is 9.95. The molecule has 3 fully saturated rings. The molecular formula is C19H23F2N3O3. The number of hydrogen-bond acceptors (Lipinski definition) is 4. The van der Waals surface area contributed by atoms with Gasteiger partial charge in [-0.15, -0.1) is 0 Å². The van der Waals surface area contributed by atoms with Crippen LogP contribution in [0.15, 0.2) is 12.1 Å². The number of nitrogens with zero attached hydrogens (tertiary/aromatic N) is 2. The number of hydrogen-bond donors (Lipinski definition) is 1. The Morgan fingerprint density at radius 2 is 1.96 bits per heavy atom. The van der Waals surface area contributed by atoms with E-state index in [-0.39, 0.29) is 35.8 Å². The Morgan fingerprint density at radius 3 is 2.52 bits per heavy atom. The van der Waals surface area contributed by atoms with Gasteiger partial charge in [0.1, 0.15) is 11.8 Å². The first kappa shape index (κ1) is 18.0. The first-order chi connectivity index (χ1) is 12.8. The minimum Gasteiger partial charge on any atom is -0.442 e. The van der Waals surface area contributed by atoms with Crippen LogP contribution in [0.3, 0.4) is 0 Å². The standard InChI is InChI=1S/C19H23F2N3O3/c1-11-8-23(10-19(11)3-4-19)17-15(20)5-13(6-16(17)21)24-9-14(27-18(24)26)7-22-12(2)25/h5-6,11,14H,3-4,7-10H2,1-2H3,(H,22,25)/t11?,14-/m0/s1. The molecule has 1 spiro atoms. The third kappa shape index (κ3) is 3.21. The molecule has 1 aliphatic carbocycles. The zero-order chi connectivity index (χ0) is 19.3. The molecule has 1 aromatic carbocycles. The number of anilines is 2. The van der Waals surface area contributed by atoms with Crippen molar-refractivity contribution in [2.45, 2.75) is 32.8 Å². The molecule has 8 heteroatoms. The number of ether oxygens (including phenoxy) is 1. The number of cyclic esters (lactones) is 1. The summed E-state index contributed by atoms with van der Waals surface area (Å²) in [5.74, 6) is -1.17. The van der Waals surface area contributed by atoms with Crippen molar-refractivity contribution in [2.24, 2.45) is 11.3 Å². The maximum atomic E-state index is 14.8. The second-order valence-electron chi connectivity index (χ2n) is 7.96. The maximum absolute atomic E-state index is 14.8. The van der Waals surface area contributed by atoms with Crippen molar-refractivity contribution in [3.05, 3.63) is 23.8 Å². The maximum Gasteiger partial charge on any atom is 0.414 e. The van der Waals surface area contributed by atoms with Crippen LogP contribution in [0.5, 0.6) is 0 Å². The summed E-state index contributed by atoms with van der Waals surface area (Å²) in [6.07, 6.45) is 0.993. The Morgan fingerprint density at radius 1 is 1.30 bits per heavy atom. The van der Waals surface area contributed by atoms with E-state index in [4.69, 9.17) is 4.74 Å². The summed E-state index contributed by atoms with van der Waals surface area (Å²) in [6.45, 7) is 5.09. The second-order valence-corrected chi connectivity index (χ2v) is 7.96. The predicted octanol–water partition coefficient (Wildman–Crippen LogP) is 2.66. The lowest BCUT2D eigenvalue weighted by molar-refractivity contribution is -0.119. The topological polar surface area (TPSA) is 61.9 Å². The highest BCUT2D eigenvalue weighted by molar-refractivity contribution is 5.90. The smallest absolute Gasteiger partial charge is 0.414 e. The quantitative estimate of drug-likeness (QED) is 0.874. The van der Waals surface area contributed by atoms with Crippen LogP contribution < -0.4 is 15.1 Å². The van der Waals surface area contributed by atoms with Crippen molar-refractivity contribution in [2.75, 3.05) is 36.0 Å². The summed E-state index contributed by atoms with van der Waals surface area (Å²) in [4.78, 5) is 26.0. The second kappa shape index (κ2) is 6.35. The Bertz CT molecular complexity index is 773. The van der Waals surface area contributed by atoms with Gasteiger partial charge >= 0.3 is 6.09 Å². The van der Waals surface area contributed by atoms with Gasteiger partial charge in [-0.2, -0.15) is 0 Å². The molecule has 146 valence electrons. The summed E-state index contributed by atoms with van der Waals surface area (Å²) < 4.78 is 34.7. The number of carbonyl (C=O) groups excluding carboxylic acids is 2. The lowest BCUT2D eigenvalue weighted by Gasteiger charge is -2.22. The lowest BCUT2D eigenvalue weighted by Crippen LogP contribution is -2.33. The predicted molar refractivity (Wildman–Crippen MR) is 95.7 cm³/mol. The summed E-state index contributed by atoms with van der Waals surface area (Å²) in [7, 11) is 0. The van der Waals surface area contributed by atoms with Gasteiger partial charge in [-0.25, -0.2) is 13.6 Å². The molecule has 1 saturated carbocycles. The molecule has 2 amide bonds. The van der Waals surface area contributed by atoms with Crippen LogP contribution in [0.1, 0.15) is 26.7 Å². The van der Waals surface area contributed by atoms with Crippen molar-refractivity contribution in [1.82, 2.24) is 5.32 Å². The highest BCUT2D eigenvalue weighted by Gasteiger charge is 2.53. The first-order valence-electron chi connectivity index (χ1n) is 9.26. The van der Waals surface area contributed by atoms with Gasteiger partial charge < -0.3 is 15.0 Å². The number of rotatable bonds is 4. The van der Waals surface area contributed by atoms with Gasteiger partial charge in [0.25, 0.3) is 0 Å². The van der Waals surface area contributed by atoms with E-state index in [1.165, 1.54) is 24.0 Å². The average molecular weight is 379 g/mol. The zero-order valence-corrected chi connectivity index (χ0v) is 15.4. The van der Waals surface area contributed by atoms with E-state index >= 15 is 0 Å². The molecule has 2 aliphatic heterocycles. The van der Waals surface area contributed by atoms with Crippen LogP contribution in [-0.2, 0) is 9.53 Å². The largest absolute Gasteiger partial charge is 0.442 e. The van der Waals surface area contributed by atoms with Crippen molar-refractivity contribution >= 4 is 23.4 Å². The van der Waals surface area contributed by atoms with E-state index < -0.39 is 23.8 Å². The highest BCUT2D eigenvalue weighted by Crippen LogP contribution is 2.57. The van der Waals surface area contributed by atoms with Gasteiger partial charge in [-0.05, 0) is 24.2 Å². The molecule has 2 heterocycles. The summed E-state index contributed by atoms with van der Waals surface area (Å²) in [5, 5.41) is 2.57. The number of halogens is 2. The minimum absolute atomic E-state index is 0.0169. The molecule has 4 rings (SSSR count). The molecule has 2 atom stereocenters. The van der Waals surface area contributed by atoms with E-state index in [0.717, 1.165) is 12.8 Å². The fourth-order valence-electron chi connectivity index (χ4n) is 4.21. The van der Waals surface area contributed by atoms with E-state index in [1.54, 1.807) is 4.90 Å². The fraction of sp³-hybridized carbons (Fsp3) is 0.579. The summed E-state index contributed by atoms with van der Waals surface area (Å²) >= 11 is 0. The summed E-state index contributed by atoms with van der Waals surface area (Å²) in [5.41, 5.74) is 0.321. The molecule has 27 heavy (non-hydrogen) atoms. The van der Waals surface area contributed by atoms with Gasteiger partial charge in [0, 0.05) is 32.1 Å². The van der Waals surface area contributed by atoms with E-state index in [1.807, 2.05) is 0 Å². The van der Waals surface area contributed by atoms with Gasteiger partial charge in [0.05, 0.1) is 18.8 Å². The highest BCUT2D eigenvalue weighted by atomic mass is 19.1. The van der Waals surface area contributed by atoms with Crippen molar-refractivity contribution in [3.63, 3.8) is 0 Å². The molecule has 0 aromatic heterocycles. The third-order valence-corrected chi connectivity index (χ3v) is 6.02. The van der Waals surface area contributed by atoms with E-state index in [0.29, 0.717) is 19.0 Å². The Labute approximate surface area is 156 Å². The SMILES string of the molecule is CC(=O)NC[C@H]1CN(c2cc(F)c(N3CC(C)C4(CC4)C3)c(F)c2)C(=O)O1. The van der Waals surface area contributed by atoms with Gasteiger partial charge in [0.15, 0.2) is 11.6 Å². The van der Waals surface area contributed by atoms with E-state index in [2.05, 4.69) is 12.2 Å². The molecule has 2 saturated heterocycles. The molecule has 1 unspecified atom stereocenters. The van der Waals surface area contributed by atoms with Crippen molar-refractivity contribution in [1.29, 1.82) is 0 Å². The zero-order valence-electron chi connectivity index (χ0n) is 15.4. The van der Waals surface area contributed by atoms with Gasteiger partial charge in [0.2, 0.25) is 5.91 Å². The van der Waals surface area contributed by atoms with Gasteiger partial charge in [-0.3, -0.25) is 9.69 Å². The number of benzene rings is 1. The van der Waals surface area contributed by atoms with Crippen LogP contribution in [0.25, 0.3) is 0 Å². The Hall–Kier alpha value is -2.38. The Kier molecular flexibility index (Phi) is 4.24. The number of amides is 2. The molecule has 6 nitrogen and oxygen atoms in total. The minimum atomic E-state index is -0.677.